The van der Waals surface area contributed by atoms with Gasteiger partial charge in [-0.25, -0.2) is 8.42 Å². The molecule has 0 aromatic heterocycles. The van der Waals surface area contributed by atoms with Crippen LogP contribution in [-0.4, -0.2) is 50.6 Å². The molecule has 1 aliphatic heterocycles. The maximum absolute atomic E-state index is 12.2. The first-order valence-corrected chi connectivity index (χ1v) is 11.2. The van der Waals surface area contributed by atoms with Crippen molar-refractivity contribution >= 4 is 21.7 Å². The highest BCUT2D eigenvalue weighted by molar-refractivity contribution is 7.94. The van der Waals surface area contributed by atoms with Crippen molar-refractivity contribution in [2.24, 2.45) is 0 Å². The molecule has 0 bridgehead atoms. The van der Waals surface area contributed by atoms with E-state index in [2.05, 4.69) is 11.9 Å². The highest BCUT2D eigenvalue weighted by Gasteiger charge is 2.21. The predicted octanol–water partition coefficient (Wildman–Crippen LogP) is 2.20. The first kappa shape index (κ1) is 21.9. The molecule has 1 heterocycles. The molecule has 154 valence electrons. The highest BCUT2D eigenvalue weighted by Crippen LogP contribution is 2.27. The molecule has 1 aliphatic rings. The lowest BCUT2D eigenvalue weighted by molar-refractivity contribution is -0.132. The fourth-order valence-electron chi connectivity index (χ4n) is 3.08. The van der Waals surface area contributed by atoms with Crippen LogP contribution in [0.15, 0.2) is 36.3 Å². The first-order valence-electron chi connectivity index (χ1n) is 9.50. The second-order valence-electron chi connectivity index (χ2n) is 6.73. The number of ether oxygens (including phenoxy) is 1. The summed E-state index contributed by atoms with van der Waals surface area (Å²) in [5, 5.41) is 3.71. The maximum atomic E-state index is 12.2. The molecule has 1 aromatic rings. The molecule has 1 saturated heterocycles. The molecule has 1 N–H and O–H groups in total. The Balaban J connectivity index is 2.00. The Kier molecular flexibility index (Phi) is 8.04. The topological polar surface area (TPSA) is 92.8 Å². The van der Waals surface area contributed by atoms with Gasteiger partial charge in [-0.1, -0.05) is 31.7 Å². The van der Waals surface area contributed by atoms with E-state index in [-0.39, 0.29) is 36.6 Å². The molecular formula is C20H28N2O5S. The molecule has 1 aromatic carbocycles. The minimum atomic E-state index is -3.42. The average molecular weight is 409 g/mol. The van der Waals surface area contributed by atoms with Gasteiger partial charge in [0.1, 0.15) is 5.75 Å². The van der Waals surface area contributed by atoms with Gasteiger partial charge in [0, 0.05) is 30.5 Å². The Morgan fingerprint density at radius 2 is 1.96 bits per heavy atom. The summed E-state index contributed by atoms with van der Waals surface area (Å²) in [5.74, 6) is -0.138. The Hall–Kier alpha value is -2.35. The first-order chi connectivity index (χ1) is 13.4. The van der Waals surface area contributed by atoms with Crippen molar-refractivity contribution in [3.63, 3.8) is 0 Å². The van der Waals surface area contributed by atoms with E-state index >= 15 is 0 Å². The number of rotatable bonds is 10. The third-order valence-corrected chi connectivity index (χ3v) is 6.00. The number of carbonyl (C=O) groups excluding carboxylic acids is 2. The van der Waals surface area contributed by atoms with Crippen LogP contribution in [0.3, 0.4) is 0 Å². The number of sulfone groups is 1. The second-order valence-corrected chi connectivity index (χ2v) is 8.79. The van der Waals surface area contributed by atoms with Crippen molar-refractivity contribution in [2.75, 3.05) is 25.4 Å². The Bertz CT molecular complexity index is 801. The van der Waals surface area contributed by atoms with E-state index in [0.717, 1.165) is 36.9 Å². The van der Waals surface area contributed by atoms with Gasteiger partial charge < -0.3 is 15.0 Å². The zero-order valence-electron chi connectivity index (χ0n) is 16.2. The van der Waals surface area contributed by atoms with Gasteiger partial charge in [-0.2, -0.15) is 0 Å². The number of nitrogens with zero attached hydrogens (tertiary/aromatic N) is 1. The predicted molar refractivity (Wildman–Crippen MR) is 108 cm³/mol. The van der Waals surface area contributed by atoms with E-state index < -0.39 is 9.84 Å². The van der Waals surface area contributed by atoms with E-state index in [1.165, 1.54) is 0 Å². The number of para-hydroxylation sites is 1. The van der Waals surface area contributed by atoms with Gasteiger partial charge in [-0.15, -0.1) is 0 Å². The summed E-state index contributed by atoms with van der Waals surface area (Å²) >= 11 is 0. The number of hydrogen-bond donors (Lipinski definition) is 1. The van der Waals surface area contributed by atoms with E-state index in [4.69, 9.17) is 4.74 Å². The van der Waals surface area contributed by atoms with Crippen LogP contribution in [0.5, 0.6) is 5.75 Å². The van der Waals surface area contributed by atoms with Crippen LogP contribution in [-0.2, 0) is 19.4 Å². The summed E-state index contributed by atoms with van der Waals surface area (Å²) in [6, 6.07) is 6.91. The number of hydrogen-bond acceptors (Lipinski definition) is 5. The largest absolute Gasteiger partial charge is 0.483 e. The smallest absolute Gasteiger partial charge is 0.260 e. The van der Waals surface area contributed by atoms with Crippen molar-refractivity contribution in [2.45, 2.75) is 38.6 Å². The molecule has 2 amide bonds. The van der Waals surface area contributed by atoms with Crippen LogP contribution in [0.25, 0.3) is 0 Å². The Morgan fingerprint density at radius 3 is 2.61 bits per heavy atom. The summed E-state index contributed by atoms with van der Waals surface area (Å²) in [6.07, 6.45) is 2.50. The molecule has 1 fully saturated rings. The second kappa shape index (κ2) is 10.3. The summed E-state index contributed by atoms with van der Waals surface area (Å²) in [4.78, 5) is 26.2. The van der Waals surface area contributed by atoms with Gasteiger partial charge in [0.15, 0.2) is 16.4 Å². The standard InChI is InChI=1S/C20H28N2O5S/c1-3-17(21-19(23)11-14-28(25,26)4-2)16-9-5-6-10-18(16)27-15-20(24)22-12-7-8-13-22/h4-6,9-10,17H,2-3,7-8,11-15H2,1H3,(H,21,23). The lowest BCUT2D eigenvalue weighted by Gasteiger charge is -2.21. The maximum Gasteiger partial charge on any atom is 0.260 e. The van der Waals surface area contributed by atoms with E-state index in [0.29, 0.717) is 12.2 Å². The number of carbonyl (C=O) groups is 2. The van der Waals surface area contributed by atoms with Crippen LogP contribution in [0, 0.1) is 0 Å². The molecule has 8 heteroatoms. The Morgan fingerprint density at radius 1 is 1.29 bits per heavy atom. The fourth-order valence-corrected chi connectivity index (χ4v) is 3.72. The van der Waals surface area contributed by atoms with Crippen LogP contribution in [0.4, 0.5) is 0 Å². The monoisotopic (exact) mass is 408 g/mol. The Labute approximate surface area is 166 Å². The molecule has 28 heavy (non-hydrogen) atoms. The van der Waals surface area contributed by atoms with Gasteiger partial charge in [0.25, 0.3) is 5.91 Å². The van der Waals surface area contributed by atoms with Gasteiger partial charge in [0.05, 0.1) is 11.8 Å². The van der Waals surface area contributed by atoms with E-state index in [9.17, 15) is 18.0 Å². The van der Waals surface area contributed by atoms with Crippen molar-refractivity contribution in [3.8, 4) is 5.75 Å². The SMILES string of the molecule is C=CS(=O)(=O)CCC(=O)NC(CC)c1ccccc1OCC(=O)N1CCCC1. The fraction of sp³-hybridized carbons (Fsp3) is 0.500. The number of benzene rings is 1. The lowest BCUT2D eigenvalue weighted by atomic mass is 10.0. The zero-order chi connectivity index (χ0) is 20.6. The summed E-state index contributed by atoms with van der Waals surface area (Å²) in [5.41, 5.74) is 0.763. The molecule has 7 nitrogen and oxygen atoms in total. The highest BCUT2D eigenvalue weighted by atomic mass is 32.2. The van der Waals surface area contributed by atoms with Crippen molar-refractivity contribution < 1.29 is 22.7 Å². The minimum absolute atomic E-state index is 0.0426. The number of nitrogens with one attached hydrogen (secondary N) is 1. The molecule has 0 saturated carbocycles. The molecule has 0 radical (unpaired) electrons. The zero-order valence-corrected chi connectivity index (χ0v) is 17.0. The van der Waals surface area contributed by atoms with Gasteiger partial charge >= 0.3 is 0 Å². The van der Waals surface area contributed by atoms with Crippen LogP contribution >= 0.6 is 0 Å². The summed E-state index contributed by atoms with van der Waals surface area (Å²) in [7, 11) is -3.42. The summed E-state index contributed by atoms with van der Waals surface area (Å²) in [6.45, 7) is 6.65. The number of likely N-dealkylation sites (tertiary alicyclic amines) is 1. The molecular weight excluding hydrogens is 380 g/mol. The molecule has 0 spiro atoms. The van der Waals surface area contributed by atoms with E-state index in [1.54, 1.807) is 11.0 Å². The third kappa shape index (κ3) is 6.37. The van der Waals surface area contributed by atoms with Crippen LogP contribution in [0.2, 0.25) is 0 Å². The van der Waals surface area contributed by atoms with Crippen molar-refractivity contribution in [1.82, 2.24) is 10.2 Å². The average Bonchev–Trinajstić information content (AvgIpc) is 3.24. The van der Waals surface area contributed by atoms with Crippen LogP contribution < -0.4 is 10.1 Å². The number of amides is 2. The van der Waals surface area contributed by atoms with Crippen molar-refractivity contribution in [3.05, 3.63) is 41.8 Å². The molecule has 1 atom stereocenters. The van der Waals surface area contributed by atoms with E-state index in [1.807, 2.05) is 25.1 Å². The van der Waals surface area contributed by atoms with Crippen molar-refractivity contribution in [1.29, 1.82) is 0 Å². The van der Waals surface area contributed by atoms with Crippen LogP contribution in [0.1, 0.15) is 44.2 Å². The minimum Gasteiger partial charge on any atom is -0.483 e. The normalized spacial score (nSPS) is 15.1. The third-order valence-electron chi connectivity index (χ3n) is 4.72. The van der Waals surface area contributed by atoms with Gasteiger partial charge in [-0.05, 0) is 25.3 Å². The quantitative estimate of drug-likeness (QED) is 0.641. The molecule has 1 unspecified atom stereocenters. The molecule has 2 rings (SSSR count). The molecule has 0 aliphatic carbocycles. The van der Waals surface area contributed by atoms with Gasteiger partial charge in [0.2, 0.25) is 5.91 Å². The van der Waals surface area contributed by atoms with Gasteiger partial charge in [-0.3, -0.25) is 9.59 Å². The summed E-state index contributed by atoms with van der Waals surface area (Å²) < 4.78 is 28.7. The lowest BCUT2D eigenvalue weighted by Crippen LogP contribution is -2.33.